The van der Waals surface area contributed by atoms with E-state index in [9.17, 15) is 0 Å². The third kappa shape index (κ3) is 10.1. The fourth-order valence-corrected chi connectivity index (χ4v) is 3.17. The van der Waals surface area contributed by atoms with Gasteiger partial charge in [-0.2, -0.15) is 0 Å². The number of thioether (sulfide) groups is 1. The molecule has 1 N–H and O–H groups in total. The van der Waals surface area contributed by atoms with Gasteiger partial charge in [-0.3, -0.25) is 4.98 Å². The maximum atomic E-state index is 3.07. The molecule has 1 heterocycles. The van der Waals surface area contributed by atoms with E-state index < -0.39 is 0 Å². The Morgan fingerprint density at radius 1 is 0.895 bits per heavy atom. The summed E-state index contributed by atoms with van der Waals surface area (Å²) in [6.45, 7) is 2.28. The van der Waals surface area contributed by atoms with Crippen LogP contribution in [0.25, 0.3) is 0 Å². The van der Waals surface area contributed by atoms with Gasteiger partial charge in [-0.25, -0.2) is 4.57 Å². The molecule has 1 aromatic heterocycles. The summed E-state index contributed by atoms with van der Waals surface area (Å²) >= 11 is 2.03. The SMILES string of the molecule is CCCCCCCCCCCCSC[n+]1cc[nH]c1. The Morgan fingerprint density at radius 2 is 1.53 bits per heavy atom. The molecule has 3 heteroatoms. The van der Waals surface area contributed by atoms with E-state index in [1.54, 1.807) is 0 Å². The fraction of sp³-hybridized carbons (Fsp3) is 0.812. The van der Waals surface area contributed by atoms with Crippen LogP contribution in [0, 0.1) is 0 Å². The zero-order valence-electron chi connectivity index (χ0n) is 12.6. The molecule has 0 aromatic carbocycles. The number of aromatic amines is 1. The number of unbranched alkanes of at least 4 members (excludes halogenated alkanes) is 9. The van der Waals surface area contributed by atoms with Crippen molar-refractivity contribution in [2.75, 3.05) is 5.75 Å². The van der Waals surface area contributed by atoms with Crippen molar-refractivity contribution < 1.29 is 4.57 Å². The summed E-state index contributed by atoms with van der Waals surface area (Å²) in [5.41, 5.74) is 0. The second-order valence-corrected chi connectivity index (χ2v) is 6.42. The van der Waals surface area contributed by atoms with Crippen LogP contribution in [0.2, 0.25) is 0 Å². The molecule has 0 atom stereocenters. The Kier molecular flexibility index (Phi) is 11.0. The molecule has 0 saturated heterocycles. The molecule has 0 aliphatic heterocycles. The summed E-state index contributed by atoms with van der Waals surface area (Å²) in [7, 11) is 0. The van der Waals surface area contributed by atoms with E-state index in [-0.39, 0.29) is 0 Å². The zero-order valence-corrected chi connectivity index (χ0v) is 13.4. The van der Waals surface area contributed by atoms with Crippen molar-refractivity contribution in [2.45, 2.75) is 77.0 Å². The van der Waals surface area contributed by atoms with E-state index in [2.05, 4.69) is 22.7 Å². The lowest BCUT2D eigenvalue weighted by atomic mass is 10.1. The van der Waals surface area contributed by atoms with Gasteiger partial charge in [0.2, 0.25) is 6.33 Å². The number of rotatable bonds is 13. The molecule has 1 rings (SSSR count). The molecule has 0 unspecified atom stereocenters. The molecular formula is C16H31N2S+. The van der Waals surface area contributed by atoms with Crippen molar-refractivity contribution in [1.82, 2.24) is 4.98 Å². The third-order valence-corrected chi connectivity index (χ3v) is 4.54. The van der Waals surface area contributed by atoms with Crippen LogP contribution in [0.15, 0.2) is 18.7 Å². The minimum atomic E-state index is 1.08. The highest BCUT2D eigenvalue weighted by Crippen LogP contribution is 2.12. The molecule has 0 bridgehead atoms. The second-order valence-electron chi connectivity index (χ2n) is 5.35. The molecular weight excluding hydrogens is 252 g/mol. The van der Waals surface area contributed by atoms with Crippen LogP contribution < -0.4 is 4.57 Å². The highest BCUT2D eigenvalue weighted by molar-refractivity contribution is 7.98. The van der Waals surface area contributed by atoms with Gasteiger partial charge in [-0.05, 0) is 12.2 Å². The molecule has 0 aliphatic carbocycles. The van der Waals surface area contributed by atoms with Crippen LogP contribution in [0.3, 0.4) is 0 Å². The summed E-state index contributed by atoms with van der Waals surface area (Å²) < 4.78 is 2.20. The van der Waals surface area contributed by atoms with Crippen molar-refractivity contribution in [1.29, 1.82) is 0 Å². The maximum Gasteiger partial charge on any atom is 0.242 e. The quantitative estimate of drug-likeness (QED) is 0.402. The summed E-state index contributed by atoms with van der Waals surface area (Å²) in [5, 5.41) is 0. The Morgan fingerprint density at radius 3 is 2.11 bits per heavy atom. The number of aromatic nitrogens is 2. The number of nitrogens with one attached hydrogen (secondary N) is 1. The standard InChI is InChI=1S/C16H30N2S/c1-2-3-4-5-6-7-8-9-10-11-14-19-16-18-13-12-17-15-18/h12-13,15H,2-11,14,16H2,1H3/p+1. The molecule has 0 fully saturated rings. The fourth-order valence-electron chi connectivity index (χ4n) is 2.26. The minimum absolute atomic E-state index is 1.08. The Balaban J connectivity index is 1.72. The van der Waals surface area contributed by atoms with E-state index in [1.165, 1.54) is 70.0 Å². The van der Waals surface area contributed by atoms with Gasteiger partial charge in [0.1, 0.15) is 18.3 Å². The predicted molar refractivity (Wildman–Crippen MR) is 85.3 cm³/mol. The van der Waals surface area contributed by atoms with Crippen LogP contribution in [-0.4, -0.2) is 10.7 Å². The molecule has 0 spiro atoms. The lowest BCUT2D eigenvalue weighted by Gasteiger charge is -2.02. The van der Waals surface area contributed by atoms with Crippen molar-refractivity contribution in [3.63, 3.8) is 0 Å². The van der Waals surface area contributed by atoms with E-state index >= 15 is 0 Å². The number of hydrogen-bond donors (Lipinski definition) is 1. The summed E-state index contributed by atoms with van der Waals surface area (Å²) in [6.07, 6.45) is 20.4. The molecule has 19 heavy (non-hydrogen) atoms. The molecule has 2 nitrogen and oxygen atoms in total. The first kappa shape index (κ1) is 16.6. The smallest absolute Gasteiger partial charge is 0.242 e. The van der Waals surface area contributed by atoms with Gasteiger partial charge >= 0.3 is 0 Å². The highest BCUT2D eigenvalue weighted by Gasteiger charge is 1.97. The van der Waals surface area contributed by atoms with Gasteiger partial charge in [0, 0.05) is 0 Å². The second kappa shape index (κ2) is 12.6. The van der Waals surface area contributed by atoms with E-state index in [0.717, 1.165) is 5.88 Å². The molecule has 1 aromatic rings. The highest BCUT2D eigenvalue weighted by atomic mass is 32.2. The Labute approximate surface area is 123 Å². The zero-order chi connectivity index (χ0) is 13.6. The first-order valence-corrected chi connectivity index (χ1v) is 9.18. The van der Waals surface area contributed by atoms with Gasteiger partial charge in [-0.1, -0.05) is 64.7 Å². The Hall–Kier alpha value is -0.440. The molecule has 0 aliphatic rings. The number of H-pyrrole nitrogens is 1. The van der Waals surface area contributed by atoms with Crippen molar-refractivity contribution in [3.05, 3.63) is 18.7 Å². The first-order chi connectivity index (χ1) is 9.43. The van der Waals surface area contributed by atoms with Crippen molar-refractivity contribution in [3.8, 4) is 0 Å². The maximum absolute atomic E-state index is 3.07. The van der Waals surface area contributed by atoms with E-state index in [0.29, 0.717) is 0 Å². The lowest BCUT2D eigenvalue weighted by Crippen LogP contribution is -2.28. The van der Waals surface area contributed by atoms with Crippen LogP contribution >= 0.6 is 11.8 Å². The van der Waals surface area contributed by atoms with Gasteiger partial charge in [0.15, 0.2) is 0 Å². The van der Waals surface area contributed by atoms with Gasteiger partial charge in [0.25, 0.3) is 0 Å². The number of nitrogens with zero attached hydrogens (tertiary/aromatic N) is 1. The molecule has 0 radical (unpaired) electrons. The average Bonchev–Trinajstić information content (AvgIpc) is 2.93. The molecule has 0 amide bonds. The molecule has 110 valence electrons. The van der Waals surface area contributed by atoms with Crippen LogP contribution in [-0.2, 0) is 5.88 Å². The predicted octanol–water partition coefficient (Wildman–Crippen LogP) is 4.91. The van der Waals surface area contributed by atoms with Crippen LogP contribution in [0.5, 0.6) is 0 Å². The number of hydrogen-bond acceptors (Lipinski definition) is 1. The molecule has 0 saturated carbocycles. The van der Waals surface area contributed by atoms with Gasteiger partial charge < -0.3 is 0 Å². The summed E-state index contributed by atoms with van der Waals surface area (Å²) in [5.74, 6) is 2.38. The van der Waals surface area contributed by atoms with Crippen molar-refractivity contribution in [2.24, 2.45) is 0 Å². The van der Waals surface area contributed by atoms with E-state index in [4.69, 9.17) is 0 Å². The van der Waals surface area contributed by atoms with Crippen LogP contribution in [0.1, 0.15) is 71.1 Å². The van der Waals surface area contributed by atoms with E-state index in [1.807, 2.05) is 24.3 Å². The van der Waals surface area contributed by atoms with Crippen LogP contribution in [0.4, 0.5) is 0 Å². The Bertz CT molecular complexity index is 272. The largest absolute Gasteiger partial charge is 0.250 e. The normalized spacial score (nSPS) is 11.0. The third-order valence-electron chi connectivity index (χ3n) is 3.49. The number of imidazole rings is 1. The average molecular weight is 284 g/mol. The summed E-state index contributed by atoms with van der Waals surface area (Å²) in [4.78, 5) is 3.07. The minimum Gasteiger partial charge on any atom is -0.250 e. The topological polar surface area (TPSA) is 19.7 Å². The first-order valence-electron chi connectivity index (χ1n) is 8.03. The lowest BCUT2D eigenvalue weighted by molar-refractivity contribution is -0.674. The van der Waals surface area contributed by atoms with Crippen molar-refractivity contribution >= 4 is 11.8 Å². The van der Waals surface area contributed by atoms with Gasteiger partial charge in [-0.15, -0.1) is 11.8 Å². The summed E-state index contributed by atoms with van der Waals surface area (Å²) in [6, 6.07) is 0. The van der Waals surface area contributed by atoms with Gasteiger partial charge in [0.05, 0.1) is 0 Å². The monoisotopic (exact) mass is 283 g/mol.